The summed E-state index contributed by atoms with van der Waals surface area (Å²) in [4.78, 5) is 0. The topological polar surface area (TPSA) is 12.0 Å². The van der Waals surface area contributed by atoms with Crippen LogP contribution < -0.4 is 5.32 Å². The summed E-state index contributed by atoms with van der Waals surface area (Å²) < 4.78 is 0.877. The van der Waals surface area contributed by atoms with Crippen molar-refractivity contribution in [3.8, 4) is 0 Å². The molecule has 0 rings (SSSR count). The van der Waals surface area contributed by atoms with Gasteiger partial charge in [0.05, 0.1) is 0 Å². The summed E-state index contributed by atoms with van der Waals surface area (Å²) in [5, 5.41) is 2.99. The maximum Gasteiger partial charge on any atom is 0.133 e. The van der Waals surface area contributed by atoms with Gasteiger partial charge in [0.15, 0.2) is 0 Å². The third-order valence-corrected chi connectivity index (χ3v) is 1.67. The molecule has 0 atom stereocenters. The molecule has 0 spiro atoms. The zero-order chi connectivity index (χ0) is 5.70. The minimum Gasteiger partial charge on any atom is -0.371 e. The Morgan fingerprint density at radius 2 is 2.43 bits per heavy atom. The maximum atomic E-state index is 4.81. The molecule has 0 radical (unpaired) electrons. The molecule has 0 aliphatic rings. The van der Waals surface area contributed by atoms with E-state index >= 15 is 0 Å². The smallest absolute Gasteiger partial charge is 0.133 e. The van der Waals surface area contributed by atoms with Crippen LogP contribution in [-0.2, 0) is 0 Å². The average molecular weight is 135 g/mol. The van der Waals surface area contributed by atoms with E-state index in [0.29, 0.717) is 0 Å². The molecular formula is C4H9NS2. The zero-order valence-electron chi connectivity index (χ0n) is 4.52. The quantitative estimate of drug-likeness (QED) is 0.543. The van der Waals surface area contributed by atoms with Crippen LogP contribution >= 0.6 is 24.0 Å². The van der Waals surface area contributed by atoms with Crippen molar-refractivity contribution >= 4 is 28.3 Å². The lowest BCUT2D eigenvalue weighted by Crippen LogP contribution is -2.16. The van der Waals surface area contributed by atoms with Gasteiger partial charge in [-0.05, 0) is 13.2 Å². The van der Waals surface area contributed by atoms with E-state index in [0.717, 1.165) is 10.9 Å². The molecule has 0 aromatic heterocycles. The number of hydrogen-bond acceptors (Lipinski definition) is 2. The first-order chi connectivity index (χ1) is 3.31. The molecule has 1 N–H and O–H groups in total. The van der Waals surface area contributed by atoms with E-state index in [1.807, 2.05) is 13.2 Å². The van der Waals surface area contributed by atoms with Crippen molar-refractivity contribution in [2.24, 2.45) is 0 Å². The van der Waals surface area contributed by atoms with Gasteiger partial charge in [0.2, 0.25) is 0 Å². The zero-order valence-corrected chi connectivity index (χ0v) is 6.16. The number of nitrogens with one attached hydrogen (secondary N) is 1. The first-order valence-corrected chi connectivity index (χ1v) is 3.76. The average Bonchev–Trinajstić information content (AvgIpc) is 1.68. The second kappa shape index (κ2) is 4.40. The van der Waals surface area contributed by atoms with Crippen molar-refractivity contribution < 1.29 is 0 Å². The Hall–Kier alpha value is 0.240. The minimum atomic E-state index is 0.877. The van der Waals surface area contributed by atoms with Crippen LogP contribution in [-0.4, -0.2) is 17.1 Å². The molecule has 0 aromatic carbocycles. The summed E-state index contributed by atoms with van der Waals surface area (Å²) in [5.74, 6) is 0. The molecule has 42 valence electrons. The summed E-state index contributed by atoms with van der Waals surface area (Å²) in [6.07, 6.45) is 1.96. The Kier molecular flexibility index (Phi) is 4.55. The Morgan fingerprint density at radius 3 is 2.57 bits per heavy atom. The van der Waals surface area contributed by atoms with E-state index in [1.165, 1.54) is 0 Å². The van der Waals surface area contributed by atoms with Crippen molar-refractivity contribution in [3.63, 3.8) is 0 Å². The maximum absolute atomic E-state index is 4.81. The molecule has 0 aromatic rings. The van der Waals surface area contributed by atoms with E-state index < -0.39 is 0 Å². The minimum absolute atomic E-state index is 0.877. The molecule has 0 bridgehead atoms. The van der Waals surface area contributed by atoms with Crippen LogP contribution in [0.5, 0.6) is 0 Å². The second-order valence-electron chi connectivity index (χ2n) is 1.02. The van der Waals surface area contributed by atoms with Gasteiger partial charge in [0.25, 0.3) is 0 Å². The molecule has 0 fully saturated rings. The van der Waals surface area contributed by atoms with E-state index in [-0.39, 0.29) is 0 Å². The largest absolute Gasteiger partial charge is 0.371 e. The normalized spacial score (nSPS) is 8.29. The van der Waals surface area contributed by atoms with Crippen LogP contribution in [0.3, 0.4) is 0 Å². The highest BCUT2D eigenvalue weighted by Gasteiger charge is 1.83. The van der Waals surface area contributed by atoms with E-state index in [9.17, 15) is 0 Å². The van der Waals surface area contributed by atoms with Crippen LogP contribution in [0.25, 0.3) is 0 Å². The summed E-state index contributed by atoms with van der Waals surface area (Å²) in [6, 6.07) is 0. The van der Waals surface area contributed by atoms with Crippen LogP contribution in [0.4, 0.5) is 0 Å². The van der Waals surface area contributed by atoms with Gasteiger partial charge in [0.1, 0.15) is 4.32 Å². The summed E-state index contributed by atoms with van der Waals surface area (Å²) in [5.41, 5.74) is 0. The van der Waals surface area contributed by atoms with Gasteiger partial charge in [-0.15, -0.1) is 11.8 Å². The molecule has 0 unspecified atom stereocenters. The van der Waals surface area contributed by atoms with Crippen molar-refractivity contribution in [3.05, 3.63) is 0 Å². The van der Waals surface area contributed by atoms with Gasteiger partial charge in [0, 0.05) is 6.54 Å². The molecule has 0 heterocycles. The lowest BCUT2D eigenvalue weighted by atomic mass is 10.8. The highest BCUT2D eigenvalue weighted by molar-refractivity contribution is 8.22. The highest BCUT2D eigenvalue weighted by Crippen LogP contribution is 1.91. The predicted molar refractivity (Wildman–Crippen MR) is 39.8 cm³/mol. The Labute approximate surface area is 53.9 Å². The van der Waals surface area contributed by atoms with Crippen molar-refractivity contribution in [1.29, 1.82) is 0 Å². The predicted octanol–water partition coefficient (Wildman–Crippen LogP) is 1.24. The third-order valence-electron chi connectivity index (χ3n) is 0.507. The lowest BCUT2D eigenvalue weighted by Gasteiger charge is -1.97. The van der Waals surface area contributed by atoms with E-state index in [1.54, 1.807) is 11.8 Å². The Morgan fingerprint density at radius 1 is 1.86 bits per heavy atom. The number of thiocarbonyl (C=S) groups is 1. The van der Waals surface area contributed by atoms with Crippen molar-refractivity contribution in [2.45, 2.75) is 6.92 Å². The summed E-state index contributed by atoms with van der Waals surface area (Å²) in [7, 11) is 0. The van der Waals surface area contributed by atoms with Gasteiger partial charge >= 0.3 is 0 Å². The number of hydrogen-bond donors (Lipinski definition) is 1. The van der Waals surface area contributed by atoms with Gasteiger partial charge in [-0.25, -0.2) is 0 Å². The summed E-state index contributed by atoms with van der Waals surface area (Å²) >= 11 is 6.38. The van der Waals surface area contributed by atoms with Gasteiger partial charge in [-0.2, -0.15) is 0 Å². The monoisotopic (exact) mass is 135 g/mol. The molecule has 7 heavy (non-hydrogen) atoms. The molecule has 3 heteroatoms. The van der Waals surface area contributed by atoms with Gasteiger partial charge < -0.3 is 5.32 Å². The SMILES string of the molecule is CCNC(=S)SC. The fraction of sp³-hybridized carbons (Fsp3) is 0.750. The molecular weight excluding hydrogens is 126 g/mol. The highest BCUT2D eigenvalue weighted by atomic mass is 32.2. The van der Waals surface area contributed by atoms with Gasteiger partial charge in [-0.1, -0.05) is 12.2 Å². The van der Waals surface area contributed by atoms with Crippen LogP contribution in [0, 0.1) is 0 Å². The second-order valence-corrected chi connectivity index (χ2v) is 2.51. The fourth-order valence-electron chi connectivity index (χ4n) is 0.217. The van der Waals surface area contributed by atoms with Crippen LogP contribution in [0.15, 0.2) is 0 Å². The lowest BCUT2D eigenvalue weighted by molar-refractivity contribution is 0.995. The van der Waals surface area contributed by atoms with E-state index in [2.05, 4.69) is 5.32 Å². The number of rotatable bonds is 1. The van der Waals surface area contributed by atoms with Crippen molar-refractivity contribution in [2.75, 3.05) is 12.8 Å². The molecule has 1 nitrogen and oxygen atoms in total. The Balaban J connectivity index is 3.00. The number of thioether (sulfide) groups is 1. The first-order valence-electron chi connectivity index (χ1n) is 2.13. The molecule has 0 saturated carbocycles. The van der Waals surface area contributed by atoms with Gasteiger partial charge in [-0.3, -0.25) is 0 Å². The Bertz CT molecular complexity index is 62.7. The molecule has 0 aliphatic heterocycles. The molecule has 0 aliphatic carbocycles. The van der Waals surface area contributed by atoms with Crippen molar-refractivity contribution in [1.82, 2.24) is 5.32 Å². The molecule has 0 saturated heterocycles. The van der Waals surface area contributed by atoms with E-state index in [4.69, 9.17) is 12.2 Å². The first kappa shape index (κ1) is 7.24. The van der Waals surface area contributed by atoms with Crippen LogP contribution in [0.1, 0.15) is 6.92 Å². The standard InChI is InChI=1S/C4H9NS2/c1-3-5-4(6)7-2/h3H2,1-2H3,(H,5,6). The molecule has 0 amide bonds. The summed E-state index contributed by atoms with van der Waals surface area (Å²) in [6.45, 7) is 2.96. The fourth-order valence-corrected chi connectivity index (χ4v) is 0.650. The van der Waals surface area contributed by atoms with Crippen LogP contribution in [0.2, 0.25) is 0 Å². The third kappa shape index (κ3) is 4.09.